The van der Waals surface area contributed by atoms with E-state index in [-0.39, 0.29) is 7.33 Å². The number of unbranched alkanes of at least 4 members (excludes halogenated alkanes) is 2. The van der Waals surface area contributed by atoms with E-state index in [1.165, 1.54) is 12.8 Å². The van der Waals surface area contributed by atoms with Crippen molar-refractivity contribution in [3.05, 3.63) is 0 Å². The van der Waals surface area contributed by atoms with Gasteiger partial charge in [0.1, 0.15) is 0 Å². The molecule has 1 amide bonds. The summed E-state index contributed by atoms with van der Waals surface area (Å²) in [6.45, 7) is 10.0. The van der Waals surface area contributed by atoms with Crippen molar-refractivity contribution in [3.8, 4) is 0 Å². The molecule has 0 spiro atoms. The van der Waals surface area contributed by atoms with Crippen LogP contribution in [0.3, 0.4) is 0 Å². The third-order valence-electron chi connectivity index (χ3n) is 2.02. The van der Waals surface area contributed by atoms with Gasteiger partial charge in [-0.15, -0.1) is 0 Å². The van der Waals surface area contributed by atoms with Gasteiger partial charge in [-0.25, -0.2) is 0 Å². The topological polar surface area (TPSA) is 41.1 Å². The van der Waals surface area contributed by atoms with Crippen molar-refractivity contribution in [2.45, 2.75) is 53.4 Å². The third-order valence-corrected chi connectivity index (χ3v) is 2.02. The van der Waals surface area contributed by atoms with E-state index in [4.69, 9.17) is 0 Å². The van der Waals surface area contributed by atoms with E-state index in [0.717, 1.165) is 19.5 Å². The van der Waals surface area contributed by atoms with E-state index in [0.29, 0.717) is 12.3 Å². The van der Waals surface area contributed by atoms with Crippen LogP contribution in [0.2, 0.25) is 0 Å². The Labute approximate surface area is 103 Å². The summed E-state index contributed by atoms with van der Waals surface area (Å²) in [7, 11) is 1.96. The van der Waals surface area contributed by atoms with Gasteiger partial charge < -0.3 is 10.6 Å². The second kappa shape index (κ2) is 14.4. The highest BCUT2D eigenvalue weighted by Gasteiger charge is 2.02. The highest BCUT2D eigenvalue weighted by atomic mass is 16.1. The molecule has 0 aromatic carbocycles. The number of amides is 1. The smallest absolute Gasteiger partial charge is 0.220 e. The van der Waals surface area contributed by atoms with Gasteiger partial charge >= 0.3 is 0 Å². The lowest BCUT2D eigenvalue weighted by Crippen LogP contribution is -2.25. The monoisotopic (exact) mass is 232 g/mol. The average Bonchev–Trinajstić information content (AvgIpc) is 2.25. The molecule has 16 heavy (non-hydrogen) atoms. The van der Waals surface area contributed by atoms with Crippen LogP contribution in [0.25, 0.3) is 0 Å². The van der Waals surface area contributed by atoms with Gasteiger partial charge in [-0.05, 0) is 32.4 Å². The standard InChI is InChI=1S/C11H24N2O.C2H6.H2/c1-10(2)9-11(14)13-8-6-4-5-7-12-3;1-2;/h10,12H,4-9H2,1-3H3,(H,13,14);1-2H3;1H. The Morgan fingerprint density at radius 2 is 1.69 bits per heavy atom. The Bertz CT molecular complexity index is 152. The molecule has 0 heterocycles. The number of nitrogens with one attached hydrogen (secondary N) is 2. The van der Waals surface area contributed by atoms with Gasteiger partial charge in [0.25, 0.3) is 0 Å². The predicted molar refractivity (Wildman–Crippen MR) is 73.7 cm³/mol. The predicted octanol–water partition coefficient (Wildman–Crippen LogP) is 2.81. The summed E-state index contributed by atoms with van der Waals surface area (Å²) >= 11 is 0. The van der Waals surface area contributed by atoms with Crippen LogP contribution in [0, 0.1) is 5.92 Å². The average molecular weight is 232 g/mol. The van der Waals surface area contributed by atoms with Gasteiger partial charge in [0.05, 0.1) is 0 Å². The molecule has 0 aromatic heterocycles. The summed E-state index contributed by atoms with van der Waals surface area (Å²) in [6.07, 6.45) is 4.11. The van der Waals surface area contributed by atoms with Gasteiger partial charge in [0.2, 0.25) is 5.91 Å². The van der Waals surface area contributed by atoms with Crippen LogP contribution in [-0.4, -0.2) is 26.0 Å². The van der Waals surface area contributed by atoms with E-state index in [1.807, 2.05) is 20.9 Å². The molecule has 0 aliphatic rings. The summed E-state index contributed by atoms with van der Waals surface area (Å²) in [6, 6.07) is 0. The fourth-order valence-electron chi connectivity index (χ4n) is 1.27. The van der Waals surface area contributed by atoms with Crippen molar-refractivity contribution in [3.63, 3.8) is 0 Å². The highest BCUT2D eigenvalue weighted by Crippen LogP contribution is 1.98. The zero-order valence-electron chi connectivity index (χ0n) is 11.7. The number of rotatable bonds is 8. The Balaban J connectivity index is -0.000000616. The summed E-state index contributed by atoms with van der Waals surface area (Å²) < 4.78 is 0. The van der Waals surface area contributed by atoms with Crippen molar-refractivity contribution in [2.75, 3.05) is 20.1 Å². The molecule has 0 unspecified atom stereocenters. The Kier molecular flexibility index (Phi) is 16.1. The molecule has 0 atom stereocenters. The van der Waals surface area contributed by atoms with E-state index in [2.05, 4.69) is 24.5 Å². The Hall–Kier alpha value is -0.570. The lowest BCUT2D eigenvalue weighted by atomic mass is 10.1. The van der Waals surface area contributed by atoms with Crippen LogP contribution in [0.5, 0.6) is 0 Å². The summed E-state index contributed by atoms with van der Waals surface area (Å²) in [5.74, 6) is 0.646. The minimum atomic E-state index is 0. The Morgan fingerprint density at radius 1 is 1.12 bits per heavy atom. The van der Waals surface area contributed by atoms with Crippen LogP contribution in [0.15, 0.2) is 0 Å². The lowest BCUT2D eigenvalue weighted by molar-refractivity contribution is -0.121. The maximum atomic E-state index is 11.2. The first-order valence-corrected chi connectivity index (χ1v) is 6.58. The molecule has 0 rings (SSSR count). The van der Waals surface area contributed by atoms with Crippen molar-refractivity contribution in [1.82, 2.24) is 10.6 Å². The molecular formula is C13H32N2O. The molecule has 0 fully saturated rings. The second-order valence-electron chi connectivity index (χ2n) is 4.11. The molecule has 0 aliphatic heterocycles. The van der Waals surface area contributed by atoms with Gasteiger partial charge in [-0.3, -0.25) is 4.79 Å². The molecule has 0 radical (unpaired) electrons. The molecule has 0 aromatic rings. The van der Waals surface area contributed by atoms with Gasteiger partial charge in [0.15, 0.2) is 0 Å². The fourth-order valence-corrected chi connectivity index (χ4v) is 1.27. The van der Waals surface area contributed by atoms with Crippen molar-refractivity contribution in [2.24, 2.45) is 5.92 Å². The molecule has 0 saturated heterocycles. The fraction of sp³-hybridized carbons (Fsp3) is 0.923. The first-order chi connectivity index (χ1) is 7.66. The van der Waals surface area contributed by atoms with Crippen molar-refractivity contribution in [1.29, 1.82) is 0 Å². The second-order valence-corrected chi connectivity index (χ2v) is 4.11. The molecule has 2 N–H and O–H groups in total. The highest BCUT2D eigenvalue weighted by molar-refractivity contribution is 5.75. The van der Waals surface area contributed by atoms with E-state index in [9.17, 15) is 4.79 Å². The molecule has 3 nitrogen and oxygen atoms in total. The van der Waals surface area contributed by atoms with Gasteiger partial charge in [-0.2, -0.15) is 0 Å². The maximum Gasteiger partial charge on any atom is 0.220 e. The molecular weight excluding hydrogens is 200 g/mol. The normalized spacial score (nSPS) is 9.62. The number of hydrogen-bond donors (Lipinski definition) is 2. The third kappa shape index (κ3) is 15.9. The number of carbonyl (C=O) groups is 1. The molecule has 0 bridgehead atoms. The lowest BCUT2D eigenvalue weighted by Gasteiger charge is -2.06. The van der Waals surface area contributed by atoms with Gasteiger partial charge in [0, 0.05) is 14.4 Å². The van der Waals surface area contributed by atoms with Crippen LogP contribution in [0.4, 0.5) is 0 Å². The minimum absolute atomic E-state index is 0. The number of hydrogen-bond acceptors (Lipinski definition) is 2. The van der Waals surface area contributed by atoms with Crippen LogP contribution in [0.1, 0.15) is 54.8 Å². The largest absolute Gasteiger partial charge is 0.356 e. The van der Waals surface area contributed by atoms with E-state index < -0.39 is 0 Å². The van der Waals surface area contributed by atoms with Crippen LogP contribution in [-0.2, 0) is 4.79 Å². The van der Waals surface area contributed by atoms with E-state index >= 15 is 0 Å². The van der Waals surface area contributed by atoms with Crippen molar-refractivity contribution >= 4 is 5.91 Å². The molecule has 0 aliphatic carbocycles. The zero-order chi connectivity index (χ0) is 12.8. The number of carbonyl (C=O) groups excluding carboxylic acids is 1. The maximum absolute atomic E-state index is 11.2. The van der Waals surface area contributed by atoms with Crippen LogP contribution < -0.4 is 10.6 Å². The molecule has 3 heteroatoms. The first kappa shape index (κ1) is 17.8. The van der Waals surface area contributed by atoms with Crippen molar-refractivity contribution < 1.29 is 6.22 Å². The quantitative estimate of drug-likeness (QED) is 0.632. The summed E-state index contributed by atoms with van der Waals surface area (Å²) in [5.41, 5.74) is 0. The SMILES string of the molecule is CC.CNCCCCCNC(=O)CC(C)C.[HH]. The molecule has 100 valence electrons. The molecule has 0 saturated carbocycles. The zero-order valence-corrected chi connectivity index (χ0v) is 11.7. The first-order valence-electron chi connectivity index (χ1n) is 6.58. The Morgan fingerprint density at radius 3 is 2.19 bits per heavy atom. The summed E-state index contributed by atoms with van der Waals surface area (Å²) in [5, 5.41) is 6.04. The van der Waals surface area contributed by atoms with E-state index in [1.54, 1.807) is 0 Å². The van der Waals surface area contributed by atoms with Gasteiger partial charge in [-0.1, -0.05) is 34.1 Å². The minimum Gasteiger partial charge on any atom is -0.356 e. The summed E-state index contributed by atoms with van der Waals surface area (Å²) in [4.78, 5) is 11.2. The van der Waals surface area contributed by atoms with Crippen LogP contribution >= 0.6 is 0 Å².